The van der Waals surface area contributed by atoms with Crippen LogP contribution < -0.4 is 10.9 Å². The maximum atomic E-state index is 13.1. The van der Waals surface area contributed by atoms with Crippen LogP contribution in [-0.4, -0.2) is 26.2 Å². The molecule has 3 heterocycles. The molecule has 3 aromatic heterocycles. The maximum Gasteiger partial charge on any atom is 0.263 e. The summed E-state index contributed by atoms with van der Waals surface area (Å²) in [6.45, 7) is 4.04. The zero-order valence-corrected chi connectivity index (χ0v) is 18.6. The minimum absolute atomic E-state index is 0.0797. The number of benzene rings is 1. The number of anilines is 1. The van der Waals surface area contributed by atoms with Gasteiger partial charge in [-0.2, -0.15) is 0 Å². The van der Waals surface area contributed by atoms with E-state index in [0.29, 0.717) is 32.8 Å². The lowest BCUT2D eigenvalue weighted by Crippen LogP contribution is -2.23. The fourth-order valence-electron chi connectivity index (χ4n) is 2.90. The van der Waals surface area contributed by atoms with E-state index in [0.717, 1.165) is 10.4 Å². The minimum atomic E-state index is -0.254. The quantitative estimate of drug-likeness (QED) is 0.232. The van der Waals surface area contributed by atoms with Gasteiger partial charge in [0.25, 0.3) is 5.56 Å². The van der Waals surface area contributed by atoms with Crippen LogP contribution in [0.4, 0.5) is 5.82 Å². The second-order valence-electron chi connectivity index (χ2n) is 6.49. The Morgan fingerprint density at radius 3 is 2.77 bits per heavy atom. The summed E-state index contributed by atoms with van der Waals surface area (Å²) >= 11 is 8.47. The summed E-state index contributed by atoms with van der Waals surface area (Å²) in [6.07, 6.45) is 3.10. The van der Waals surface area contributed by atoms with E-state index in [-0.39, 0.29) is 17.2 Å². The Hall–Kier alpha value is -2.94. The van der Waals surface area contributed by atoms with Crippen molar-refractivity contribution in [2.45, 2.75) is 11.7 Å². The van der Waals surface area contributed by atoms with Gasteiger partial charge in [-0.3, -0.25) is 14.2 Å². The lowest BCUT2D eigenvalue weighted by molar-refractivity contribution is -0.113. The van der Waals surface area contributed by atoms with Crippen molar-refractivity contribution in [3.63, 3.8) is 0 Å². The van der Waals surface area contributed by atoms with E-state index >= 15 is 0 Å². The summed E-state index contributed by atoms with van der Waals surface area (Å²) in [6, 6.07) is 15.0. The Morgan fingerprint density at radius 1 is 1.26 bits per heavy atom. The molecule has 6 nitrogen and oxygen atoms in total. The third-order valence-corrected chi connectivity index (χ3v) is 6.59. The number of rotatable bonds is 7. The number of hydrogen-bond acceptors (Lipinski definition) is 6. The summed E-state index contributed by atoms with van der Waals surface area (Å²) in [5.74, 6) is 0.235. The van der Waals surface area contributed by atoms with Crippen LogP contribution in [0.1, 0.15) is 0 Å². The first kappa shape index (κ1) is 21.3. The zero-order chi connectivity index (χ0) is 21.8. The highest BCUT2D eigenvalue weighted by molar-refractivity contribution is 7.99. The van der Waals surface area contributed by atoms with Crippen molar-refractivity contribution in [3.05, 3.63) is 82.8 Å². The first-order valence-electron chi connectivity index (χ1n) is 9.30. The number of nitrogens with one attached hydrogen (secondary N) is 1. The van der Waals surface area contributed by atoms with Crippen LogP contribution in [0.15, 0.2) is 77.3 Å². The first-order chi connectivity index (χ1) is 15.0. The van der Waals surface area contributed by atoms with Crippen molar-refractivity contribution in [3.8, 4) is 10.4 Å². The molecule has 0 saturated carbocycles. The first-order valence-corrected chi connectivity index (χ1v) is 11.5. The topological polar surface area (TPSA) is 76.9 Å². The fraction of sp³-hybridized carbons (Fsp3) is 0.0909. The molecule has 4 rings (SSSR count). The van der Waals surface area contributed by atoms with Gasteiger partial charge in [0.05, 0.1) is 16.2 Å². The number of carbonyl (C=O) groups is 1. The molecule has 0 bridgehead atoms. The number of hydrogen-bond donors (Lipinski definition) is 1. The van der Waals surface area contributed by atoms with Gasteiger partial charge in [0, 0.05) is 17.6 Å². The zero-order valence-electron chi connectivity index (χ0n) is 16.2. The van der Waals surface area contributed by atoms with Crippen molar-refractivity contribution in [1.82, 2.24) is 14.5 Å². The summed E-state index contributed by atoms with van der Waals surface area (Å²) in [5, 5.41) is 4.23. The van der Waals surface area contributed by atoms with E-state index in [1.54, 1.807) is 18.2 Å². The standard InChI is InChI=1S/C22H17ClN4O2S2/c1-2-10-27-21(29)16-11-17(14-6-4-3-5-7-14)31-20(16)26-22(27)30-13-19(28)25-18-9-8-15(23)12-24-18/h2-9,11-12H,1,10,13H2,(H,24,25,28). The molecule has 156 valence electrons. The second kappa shape index (κ2) is 9.47. The Morgan fingerprint density at radius 2 is 2.06 bits per heavy atom. The molecule has 9 heteroatoms. The summed E-state index contributed by atoms with van der Waals surface area (Å²) in [5.41, 5.74) is 0.884. The molecule has 0 atom stereocenters. The van der Waals surface area contributed by atoms with Gasteiger partial charge < -0.3 is 5.32 Å². The van der Waals surface area contributed by atoms with Crippen molar-refractivity contribution in [2.24, 2.45) is 0 Å². The molecule has 0 unspecified atom stereocenters. The number of pyridine rings is 1. The molecule has 1 N–H and O–H groups in total. The monoisotopic (exact) mass is 468 g/mol. The normalized spacial score (nSPS) is 10.9. The highest BCUT2D eigenvalue weighted by Gasteiger charge is 2.16. The Balaban J connectivity index is 1.60. The number of amides is 1. The minimum Gasteiger partial charge on any atom is -0.310 e. The van der Waals surface area contributed by atoms with Gasteiger partial charge in [0.1, 0.15) is 10.6 Å². The molecule has 0 saturated heterocycles. The molecular weight excluding hydrogens is 452 g/mol. The van der Waals surface area contributed by atoms with Gasteiger partial charge in [-0.1, -0.05) is 59.8 Å². The predicted octanol–water partition coefficient (Wildman–Crippen LogP) is 5.09. The van der Waals surface area contributed by atoms with Crippen molar-refractivity contribution >= 4 is 56.6 Å². The number of aromatic nitrogens is 3. The smallest absolute Gasteiger partial charge is 0.263 e. The molecule has 1 amide bonds. The predicted molar refractivity (Wildman–Crippen MR) is 128 cm³/mol. The van der Waals surface area contributed by atoms with Crippen molar-refractivity contribution in [1.29, 1.82) is 0 Å². The molecule has 0 aliphatic heterocycles. The van der Waals surface area contributed by atoms with Gasteiger partial charge in [-0.15, -0.1) is 17.9 Å². The van der Waals surface area contributed by atoms with Crippen LogP contribution in [0, 0.1) is 0 Å². The van der Waals surface area contributed by atoms with Crippen LogP contribution >= 0.6 is 34.7 Å². The molecule has 0 fully saturated rings. The van der Waals surface area contributed by atoms with Gasteiger partial charge >= 0.3 is 0 Å². The number of allylic oxidation sites excluding steroid dienone is 1. The molecule has 4 aromatic rings. The van der Waals surface area contributed by atoms with Gasteiger partial charge in [0.2, 0.25) is 5.91 Å². The van der Waals surface area contributed by atoms with E-state index in [2.05, 4.69) is 21.9 Å². The number of fused-ring (bicyclic) bond motifs is 1. The molecule has 0 aliphatic rings. The Bertz CT molecular complexity index is 1300. The number of halogens is 1. The number of nitrogens with zero attached hydrogens (tertiary/aromatic N) is 3. The maximum absolute atomic E-state index is 13.1. The van der Waals surface area contributed by atoms with E-state index in [1.165, 1.54) is 33.9 Å². The highest BCUT2D eigenvalue weighted by Crippen LogP contribution is 2.32. The van der Waals surface area contributed by atoms with Crippen LogP contribution in [0.3, 0.4) is 0 Å². The molecule has 31 heavy (non-hydrogen) atoms. The van der Waals surface area contributed by atoms with Gasteiger partial charge in [-0.05, 0) is 23.8 Å². The number of thiophene rings is 1. The van der Waals surface area contributed by atoms with Crippen molar-refractivity contribution in [2.75, 3.05) is 11.1 Å². The fourth-order valence-corrected chi connectivity index (χ4v) is 4.90. The summed E-state index contributed by atoms with van der Waals surface area (Å²) in [7, 11) is 0. The molecule has 0 radical (unpaired) electrons. The highest BCUT2D eigenvalue weighted by atomic mass is 35.5. The average molecular weight is 469 g/mol. The van der Waals surface area contributed by atoms with Crippen LogP contribution in [0.25, 0.3) is 20.7 Å². The Kier molecular flexibility index (Phi) is 6.50. The molecular formula is C22H17ClN4O2S2. The third kappa shape index (κ3) is 4.87. The van der Waals surface area contributed by atoms with Gasteiger partial charge in [-0.25, -0.2) is 9.97 Å². The van der Waals surface area contributed by atoms with Crippen LogP contribution in [0.5, 0.6) is 0 Å². The van der Waals surface area contributed by atoms with Crippen LogP contribution in [-0.2, 0) is 11.3 Å². The summed E-state index contributed by atoms with van der Waals surface area (Å²) in [4.78, 5) is 35.8. The SMILES string of the molecule is C=CCn1c(SCC(=O)Nc2ccc(Cl)cn2)nc2sc(-c3ccccc3)cc2c1=O. The molecule has 1 aromatic carbocycles. The lowest BCUT2D eigenvalue weighted by Gasteiger charge is -2.10. The molecule has 0 spiro atoms. The summed E-state index contributed by atoms with van der Waals surface area (Å²) < 4.78 is 1.54. The van der Waals surface area contributed by atoms with E-state index < -0.39 is 0 Å². The van der Waals surface area contributed by atoms with E-state index in [4.69, 9.17) is 11.6 Å². The largest absolute Gasteiger partial charge is 0.310 e. The van der Waals surface area contributed by atoms with E-state index in [9.17, 15) is 9.59 Å². The average Bonchev–Trinajstić information content (AvgIpc) is 3.21. The number of carbonyl (C=O) groups excluding carboxylic acids is 1. The molecule has 0 aliphatic carbocycles. The number of thioether (sulfide) groups is 1. The van der Waals surface area contributed by atoms with Crippen molar-refractivity contribution < 1.29 is 4.79 Å². The van der Waals surface area contributed by atoms with Gasteiger partial charge in [0.15, 0.2) is 5.16 Å². The third-order valence-electron chi connectivity index (χ3n) is 4.31. The lowest BCUT2D eigenvalue weighted by atomic mass is 10.2. The van der Waals surface area contributed by atoms with E-state index in [1.807, 2.05) is 36.4 Å². The second-order valence-corrected chi connectivity index (χ2v) is 8.90. The van der Waals surface area contributed by atoms with Crippen LogP contribution in [0.2, 0.25) is 5.02 Å². The Labute approximate surface area is 191 Å².